The highest BCUT2D eigenvalue weighted by molar-refractivity contribution is 5.76. The average molecular weight is 175 g/mol. The predicted octanol–water partition coefficient (Wildman–Crippen LogP) is 3.09. The zero-order valence-corrected chi connectivity index (χ0v) is 8.00. The van der Waals surface area contributed by atoms with E-state index in [1.54, 1.807) is 0 Å². The molecular weight excluding hydrogens is 162 g/mol. The van der Waals surface area contributed by atoms with E-state index in [0.29, 0.717) is 0 Å². The van der Waals surface area contributed by atoms with Crippen LogP contribution in [0.25, 0.3) is 11.1 Å². The molecule has 0 aliphatic carbocycles. The molecule has 0 N–H and O–H groups in total. The Morgan fingerprint density at radius 3 is 2.92 bits per heavy atom. The lowest BCUT2D eigenvalue weighted by Gasteiger charge is -1.88. The number of nitrogens with zero attached hydrogens (tertiary/aromatic N) is 1. The summed E-state index contributed by atoms with van der Waals surface area (Å²) in [6.07, 6.45) is 2.00. The second kappa shape index (κ2) is 3.21. The van der Waals surface area contributed by atoms with Gasteiger partial charge in [0.1, 0.15) is 5.52 Å². The van der Waals surface area contributed by atoms with Gasteiger partial charge < -0.3 is 4.42 Å². The van der Waals surface area contributed by atoms with E-state index in [0.717, 1.165) is 29.8 Å². The fourth-order valence-corrected chi connectivity index (χ4v) is 1.45. The number of aromatic nitrogens is 1. The molecule has 0 bridgehead atoms. The van der Waals surface area contributed by atoms with Crippen molar-refractivity contribution in [1.82, 2.24) is 4.98 Å². The van der Waals surface area contributed by atoms with Crippen LogP contribution in [0.15, 0.2) is 22.6 Å². The molecule has 68 valence electrons. The van der Waals surface area contributed by atoms with Crippen molar-refractivity contribution in [3.63, 3.8) is 0 Å². The van der Waals surface area contributed by atoms with Crippen LogP contribution in [0.5, 0.6) is 0 Å². The Labute approximate surface area is 77.6 Å². The second-order valence-electron chi connectivity index (χ2n) is 3.28. The summed E-state index contributed by atoms with van der Waals surface area (Å²) in [6, 6.07) is 6.02. The van der Waals surface area contributed by atoms with E-state index in [9.17, 15) is 0 Å². The summed E-state index contributed by atoms with van der Waals surface area (Å²) in [5, 5.41) is 0. The highest BCUT2D eigenvalue weighted by atomic mass is 16.3. The van der Waals surface area contributed by atoms with Crippen LogP contribution >= 0.6 is 0 Å². The normalized spacial score (nSPS) is 10.9. The first-order chi connectivity index (χ1) is 6.31. The van der Waals surface area contributed by atoms with Gasteiger partial charge in [0.05, 0.1) is 0 Å². The lowest BCUT2D eigenvalue weighted by Crippen LogP contribution is -1.81. The standard InChI is InChI=1S/C11H13NO/c1-3-5-10-12-11-8(2)6-4-7-9(11)13-10/h4,6-7H,3,5H2,1-2H3. The van der Waals surface area contributed by atoms with Gasteiger partial charge in [0, 0.05) is 6.42 Å². The lowest BCUT2D eigenvalue weighted by atomic mass is 10.2. The summed E-state index contributed by atoms with van der Waals surface area (Å²) in [5.74, 6) is 0.854. The largest absolute Gasteiger partial charge is 0.441 e. The van der Waals surface area contributed by atoms with E-state index < -0.39 is 0 Å². The summed E-state index contributed by atoms with van der Waals surface area (Å²) in [4.78, 5) is 4.44. The lowest BCUT2D eigenvalue weighted by molar-refractivity contribution is 0.525. The zero-order chi connectivity index (χ0) is 9.26. The summed E-state index contributed by atoms with van der Waals surface area (Å²) in [7, 11) is 0. The number of rotatable bonds is 2. The molecule has 0 saturated carbocycles. The van der Waals surface area contributed by atoms with Gasteiger partial charge in [-0.25, -0.2) is 4.98 Å². The van der Waals surface area contributed by atoms with Gasteiger partial charge in [0.15, 0.2) is 11.5 Å². The molecule has 0 radical (unpaired) electrons. The van der Waals surface area contributed by atoms with Crippen molar-refractivity contribution < 1.29 is 4.42 Å². The van der Waals surface area contributed by atoms with Crippen molar-refractivity contribution in [2.75, 3.05) is 0 Å². The van der Waals surface area contributed by atoms with Crippen molar-refractivity contribution in [1.29, 1.82) is 0 Å². The number of fused-ring (bicyclic) bond motifs is 1. The first-order valence-electron chi connectivity index (χ1n) is 4.66. The fourth-order valence-electron chi connectivity index (χ4n) is 1.45. The highest BCUT2D eigenvalue weighted by Crippen LogP contribution is 2.19. The van der Waals surface area contributed by atoms with Gasteiger partial charge in [-0.2, -0.15) is 0 Å². The number of benzene rings is 1. The van der Waals surface area contributed by atoms with Gasteiger partial charge in [0.2, 0.25) is 0 Å². The van der Waals surface area contributed by atoms with Crippen molar-refractivity contribution in [2.24, 2.45) is 0 Å². The molecule has 2 aromatic rings. The maximum Gasteiger partial charge on any atom is 0.195 e. The SMILES string of the molecule is CCCc1nc2c(C)cccc2o1. The van der Waals surface area contributed by atoms with Crippen LogP contribution in [0.2, 0.25) is 0 Å². The van der Waals surface area contributed by atoms with Crippen molar-refractivity contribution in [3.05, 3.63) is 29.7 Å². The molecule has 0 spiro atoms. The van der Waals surface area contributed by atoms with E-state index in [2.05, 4.69) is 24.9 Å². The Bertz CT molecular complexity index is 417. The smallest absolute Gasteiger partial charge is 0.195 e. The molecular formula is C11H13NO. The Balaban J connectivity index is 2.55. The number of hydrogen-bond acceptors (Lipinski definition) is 2. The van der Waals surface area contributed by atoms with Gasteiger partial charge in [-0.15, -0.1) is 0 Å². The Morgan fingerprint density at radius 1 is 1.38 bits per heavy atom. The van der Waals surface area contributed by atoms with Crippen LogP contribution in [-0.4, -0.2) is 4.98 Å². The summed E-state index contributed by atoms with van der Waals surface area (Å²) < 4.78 is 5.58. The Morgan fingerprint density at radius 2 is 2.23 bits per heavy atom. The Hall–Kier alpha value is -1.31. The van der Waals surface area contributed by atoms with Crippen LogP contribution in [0.1, 0.15) is 24.8 Å². The third-order valence-corrected chi connectivity index (χ3v) is 2.13. The number of oxazole rings is 1. The zero-order valence-electron chi connectivity index (χ0n) is 8.00. The molecule has 0 aliphatic heterocycles. The molecule has 0 aliphatic rings. The van der Waals surface area contributed by atoms with Gasteiger partial charge in [-0.3, -0.25) is 0 Å². The monoisotopic (exact) mass is 175 g/mol. The highest BCUT2D eigenvalue weighted by Gasteiger charge is 2.05. The van der Waals surface area contributed by atoms with Crippen LogP contribution in [0, 0.1) is 6.92 Å². The maximum atomic E-state index is 5.58. The quantitative estimate of drug-likeness (QED) is 0.701. The van der Waals surface area contributed by atoms with Crippen LogP contribution in [0.4, 0.5) is 0 Å². The van der Waals surface area contributed by atoms with Gasteiger partial charge in [-0.1, -0.05) is 19.1 Å². The molecule has 2 heteroatoms. The van der Waals surface area contributed by atoms with Gasteiger partial charge >= 0.3 is 0 Å². The molecule has 0 saturated heterocycles. The minimum Gasteiger partial charge on any atom is -0.441 e. The summed E-state index contributed by atoms with van der Waals surface area (Å²) in [5.41, 5.74) is 3.10. The molecule has 1 aromatic carbocycles. The van der Waals surface area contributed by atoms with Crippen LogP contribution < -0.4 is 0 Å². The van der Waals surface area contributed by atoms with E-state index in [1.165, 1.54) is 5.56 Å². The first-order valence-corrected chi connectivity index (χ1v) is 4.66. The third kappa shape index (κ3) is 1.44. The molecule has 0 unspecified atom stereocenters. The van der Waals surface area contributed by atoms with E-state index in [-0.39, 0.29) is 0 Å². The van der Waals surface area contributed by atoms with Crippen molar-refractivity contribution in [2.45, 2.75) is 26.7 Å². The minimum atomic E-state index is 0.854. The molecule has 2 rings (SSSR count). The van der Waals surface area contributed by atoms with Gasteiger partial charge in [0.25, 0.3) is 0 Å². The fraction of sp³-hybridized carbons (Fsp3) is 0.364. The van der Waals surface area contributed by atoms with Crippen molar-refractivity contribution >= 4 is 11.1 Å². The van der Waals surface area contributed by atoms with E-state index >= 15 is 0 Å². The molecule has 1 heterocycles. The molecule has 0 amide bonds. The average Bonchev–Trinajstić information content (AvgIpc) is 2.49. The van der Waals surface area contributed by atoms with E-state index in [4.69, 9.17) is 4.42 Å². The molecule has 2 nitrogen and oxygen atoms in total. The third-order valence-electron chi connectivity index (χ3n) is 2.13. The van der Waals surface area contributed by atoms with Gasteiger partial charge in [-0.05, 0) is 25.0 Å². The molecule has 0 atom stereocenters. The summed E-state index contributed by atoms with van der Waals surface area (Å²) >= 11 is 0. The number of para-hydroxylation sites is 1. The maximum absolute atomic E-state index is 5.58. The Kier molecular flexibility index (Phi) is 2.05. The van der Waals surface area contributed by atoms with E-state index in [1.807, 2.05) is 12.1 Å². The molecule has 13 heavy (non-hydrogen) atoms. The van der Waals surface area contributed by atoms with Crippen molar-refractivity contribution in [3.8, 4) is 0 Å². The second-order valence-corrected chi connectivity index (χ2v) is 3.28. The molecule has 0 fully saturated rings. The van der Waals surface area contributed by atoms with Crippen LogP contribution in [-0.2, 0) is 6.42 Å². The number of aryl methyl sites for hydroxylation is 2. The first kappa shape index (κ1) is 8.30. The minimum absolute atomic E-state index is 0.854. The van der Waals surface area contributed by atoms with Crippen LogP contribution in [0.3, 0.4) is 0 Å². The topological polar surface area (TPSA) is 26.0 Å². The molecule has 1 aromatic heterocycles. The summed E-state index contributed by atoms with van der Waals surface area (Å²) in [6.45, 7) is 4.18. The number of hydrogen-bond donors (Lipinski definition) is 0. The predicted molar refractivity (Wildman–Crippen MR) is 52.7 cm³/mol.